The van der Waals surface area contributed by atoms with E-state index in [1.807, 2.05) is 12.1 Å². The molecule has 2 aromatic rings. The Kier molecular flexibility index (Phi) is 8.05. The number of benzene rings is 2. The van der Waals surface area contributed by atoms with Crippen LogP contribution in [0.3, 0.4) is 0 Å². The fraction of sp³-hybridized carbons (Fsp3) is 0.480. The summed E-state index contributed by atoms with van der Waals surface area (Å²) in [5.41, 5.74) is 2.60. The number of fused-ring (bicyclic) bond motifs is 1. The first-order valence-electron chi connectivity index (χ1n) is 11.2. The van der Waals surface area contributed by atoms with Crippen molar-refractivity contribution in [1.82, 2.24) is 10.6 Å². The monoisotopic (exact) mass is 461 g/mol. The minimum atomic E-state index is -0.974. The molecule has 0 aliphatic carbocycles. The van der Waals surface area contributed by atoms with Crippen molar-refractivity contribution in [3.63, 3.8) is 0 Å². The van der Waals surface area contributed by atoms with E-state index in [0.717, 1.165) is 35.8 Å². The van der Waals surface area contributed by atoms with E-state index in [9.17, 15) is 23.8 Å². The lowest BCUT2D eigenvalue weighted by atomic mass is 9.91. The molecule has 3 rings (SSSR count). The molecule has 33 heavy (non-hydrogen) atoms. The number of carbonyl (C=O) groups is 1. The summed E-state index contributed by atoms with van der Waals surface area (Å²) in [5, 5.41) is 30.4. The molecule has 5 N–H and O–H groups in total. The number of rotatable bonds is 9. The molecule has 1 unspecified atom stereocenters. The molecular formula is C25H33F2N3O3. The van der Waals surface area contributed by atoms with Crippen LogP contribution in [-0.2, 0) is 17.6 Å². The van der Waals surface area contributed by atoms with Crippen molar-refractivity contribution in [3.8, 4) is 0 Å². The van der Waals surface area contributed by atoms with Crippen molar-refractivity contribution in [3.05, 3.63) is 64.7 Å². The van der Waals surface area contributed by atoms with Gasteiger partial charge in [-0.2, -0.15) is 0 Å². The van der Waals surface area contributed by atoms with Crippen molar-refractivity contribution < 1.29 is 23.8 Å². The molecule has 0 radical (unpaired) electrons. The van der Waals surface area contributed by atoms with E-state index < -0.39 is 29.4 Å². The van der Waals surface area contributed by atoms with Crippen molar-refractivity contribution in [1.29, 1.82) is 0 Å². The Morgan fingerprint density at radius 3 is 2.52 bits per heavy atom. The first-order valence-corrected chi connectivity index (χ1v) is 11.2. The number of carbonyl (C=O) groups excluding carboxylic acids is 1. The van der Waals surface area contributed by atoms with Crippen LogP contribution >= 0.6 is 0 Å². The Morgan fingerprint density at radius 1 is 1.18 bits per heavy atom. The normalized spacial score (nSPS) is 17.6. The summed E-state index contributed by atoms with van der Waals surface area (Å²) < 4.78 is 27.2. The number of amides is 1. The molecule has 8 heteroatoms. The predicted octanol–water partition coefficient (Wildman–Crippen LogP) is 2.83. The van der Waals surface area contributed by atoms with Gasteiger partial charge in [-0.25, -0.2) is 8.78 Å². The molecule has 0 fully saturated rings. The summed E-state index contributed by atoms with van der Waals surface area (Å²) in [6, 6.07) is 8.50. The zero-order valence-electron chi connectivity index (χ0n) is 19.3. The van der Waals surface area contributed by atoms with Crippen LogP contribution in [0.1, 0.15) is 49.9 Å². The van der Waals surface area contributed by atoms with E-state index in [1.54, 1.807) is 13.8 Å². The quantitative estimate of drug-likeness (QED) is 0.396. The fourth-order valence-electron chi connectivity index (χ4n) is 4.32. The number of hydrogen-bond acceptors (Lipinski definition) is 5. The van der Waals surface area contributed by atoms with Crippen LogP contribution in [0.5, 0.6) is 0 Å². The lowest BCUT2D eigenvalue weighted by Crippen LogP contribution is -2.48. The number of hydrogen-bond donors (Lipinski definition) is 5. The second-order valence-electron chi connectivity index (χ2n) is 9.44. The van der Waals surface area contributed by atoms with Gasteiger partial charge in [0.1, 0.15) is 11.6 Å². The number of anilines is 1. The van der Waals surface area contributed by atoms with E-state index in [-0.39, 0.29) is 24.9 Å². The maximum absolute atomic E-state index is 13.6. The van der Waals surface area contributed by atoms with Gasteiger partial charge < -0.3 is 26.2 Å². The van der Waals surface area contributed by atoms with Gasteiger partial charge in [0.2, 0.25) is 5.91 Å². The third kappa shape index (κ3) is 7.48. The largest absolute Gasteiger partial charge is 0.390 e. The van der Waals surface area contributed by atoms with E-state index in [4.69, 9.17) is 0 Å². The highest BCUT2D eigenvalue weighted by Gasteiger charge is 2.25. The average molecular weight is 462 g/mol. The zero-order chi connectivity index (χ0) is 24.2. The summed E-state index contributed by atoms with van der Waals surface area (Å²) in [7, 11) is 0. The van der Waals surface area contributed by atoms with E-state index in [1.165, 1.54) is 19.1 Å². The first kappa shape index (κ1) is 25.1. The van der Waals surface area contributed by atoms with Gasteiger partial charge in [-0.3, -0.25) is 4.79 Å². The molecule has 3 atom stereocenters. The van der Waals surface area contributed by atoms with Crippen LogP contribution in [0.2, 0.25) is 0 Å². The first-order chi connectivity index (χ1) is 15.5. The average Bonchev–Trinajstić information content (AvgIpc) is 2.69. The zero-order valence-corrected chi connectivity index (χ0v) is 19.3. The molecule has 1 aliphatic heterocycles. The Labute approximate surface area is 193 Å². The number of aliphatic hydroxyl groups excluding tert-OH is 1. The highest BCUT2D eigenvalue weighted by Crippen LogP contribution is 2.31. The maximum Gasteiger partial charge on any atom is 0.217 e. The van der Waals surface area contributed by atoms with Gasteiger partial charge in [-0.05, 0) is 61.6 Å². The molecule has 0 bridgehead atoms. The molecular weight excluding hydrogens is 428 g/mol. The standard InChI is InChI=1S/C25H33F2N3O3/c1-15(31)30-23(11-17-8-18(26)12-19(27)9-17)24(32)14-29-22-6-7-28-21-5-4-16(10-20(21)22)13-25(2,3)33/h4-5,8-10,12,22-24,28-29,32-33H,6-7,11,13-14H2,1-3H3,(H,30,31)/t22?,23-,24+/m0/s1. The highest BCUT2D eigenvalue weighted by molar-refractivity contribution is 5.73. The molecule has 1 aliphatic rings. The maximum atomic E-state index is 13.6. The molecule has 0 aromatic heterocycles. The predicted molar refractivity (Wildman–Crippen MR) is 124 cm³/mol. The lowest BCUT2D eigenvalue weighted by Gasteiger charge is -2.31. The molecule has 180 valence electrons. The third-order valence-electron chi connectivity index (χ3n) is 5.68. The molecule has 1 amide bonds. The lowest BCUT2D eigenvalue weighted by molar-refractivity contribution is -0.120. The summed E-state index contributed by atoms with van der Waals surface area (Å²) in [4.78, 5) is 11.7. The van der Waals surface area contributed by atoms with Gasteiger partial charge in [0.25, 0.3) is 0 Å². The minimum Gasteiger partial charge on any atom is -0.390 e. The summed E-state index contributed by atoms with van der Waals surface area (Å²) >= 11 is 0. The van der Waals surface area contributed by atoms with Gasteiger partial charge in [-0.15, -0.1) is 0 Å². The van der Waals surface area contributed by atoms with Crippen LogP contribution in [0.15, 0.2) is 36.4 Å². The number of nitrogens with one attached hydrogen (secondary N) is 3. The van der Waals surface area contributed by atoms with Gasteiger partial charge in [0.05, 0.1) is 17.7 Å². The van der Waals surface area contributed by atoms with E-state index in [0.29, 0.717) is 12.0 Å². The molecule has 1 heterocycles. The second kappa shape index (κ2) is 10.6. The van der Waals surface area contributed by atoms with Gasteiger partial charge in [0, 0.05) is 44.2 Å². The molecule has 0 saturated carbocycles. The Balaban J connectivity index is 1.70. The van der Waals surface area contributed by atoms with Crippen molar-refractivity contribution >= 4 is 11.6 Å². The number of aliphatic hydroxyl groups is 2. The van der Waals surface area contributed by atoms with E-state index >= 15 is 0 Å². The molecule has 0 spiro atoms. The van der Waals surface area contributed by atoms with Crippen LogP contribution in [0.4, 0.5) is 14.5 Å². The summed E-state index contributed by atoms with van der Waals surface area (Å²) in [6.07, 6.45) is 0.434. The van der Waals surface area contributed by atoms with Crippen LogP contribution < -0.4 is 16.0 Å². The van der Waals surface area contributed by atoms with Crippen LogP contribution in [-0.4, -0.2) is 47.0 Å². The summed E-state index contributed by atoms with van der Waals surface area (Å²) in [6.45, 7) is 5.82. The van der Waals surface area contributed by atoms with Crippen molar-refractivity contribution in [2.45, 2.75) is 63.8 Å². The van der Waals surface area contributed by atoms with Crippen LogP contribution in [0, 0.1) is 11.6 Å². The molecule has 2 aromatic carbocycles. The summed E-state index contributed by atoms with van der Waals surface area (Å²) in [5.74, 6) is -1.74. The van der Waals surface area contributed by atoms with Gasteiger partial charge in [-0.1, -0.05) is 12.1 Å². The Bertz CT molecular complexity index is 958. The SMILES string of the molecule is CC(=O)N[C@@H](Cc1cc(F)cc(F)c1)[C@H](O)CNC1CCNc2ccc(CC(C)(C)O)cc21. The Morgan fingerprint density at radius 2 is 1.88 bits per heavy atom. The fourth-order valence-corrected chi connectivity index (χ4v) is 4.32. The topological polar surface area (TPSA) is 93.6 Å². The number of halogens is 2. The second-order valence-corrected chi connectivity index (χ2v) is 9.44. The molecule has 0 saturated heterocycles. The van der Waals surface area contributed by atoms with Gasteiger partial charge in [0.15, 0.2) is 0 Å². The van der Waals surface area contributed by atoms with Gasteiger partial charge >= 0.3 is 0 Å². The van der Waals surface area contributed by atoms with Crippen molar-refractivity contribution in [2.24, 2.45) is 0 Å². The highest BCUT2D eigenvalue weighted by atomic mass is 19.1. The molecule has 6 nitrogen and oxygen atoms in total. The van der Waals surface area contributed by atoms with E-state index in [2.05, 4.69) is 22.0 Å². The van der Waals surface area contributed by atoms with Crippen molar-refractivity contribution in [2.75, 3.05) is 18.4 Å². The van der Waals surface area contributed by atoms with Crippen LogP contribution in [0.25, 0.3) is 0 Å². The smallest absolute Gasteiger partial charge is 0.217 e. The minimum absolute atomic E-state index is 0.0257. The Hall–Kier alpha value is -2.55. The third-order valence-corrected chi connectivity index (χ3v) is 5.68.